The highest BCUT2D eigenvalue weighted by Crippen LogP contribution is 2.28. The normalized spacial score (nSPS) is 13.3. The quantitative estimate of drug-likeness (QED) is 0.194. The third-order valence-electron chi connectivity index (χ3n) is 7.63. The Hall–Kier alpha value is -5.37. The SMILES string of the molecule is O=C(Cc1ccccc1)Nc1ccc(-c2ccnc(Nc3ccc(N4CCC(C(=O)c5cccnc5)CC4)cc3)n2)cc1. The van der Waals surface area contributed by atoms with E-state index < -0.39 is 0 Å². The average Bonchev–Trinajstić information content (AvgIpc) is 3.06. The number of Topliss-reactive ketones (excluding diaryl/α,β-unsaturated/α-hetero) is 1. The van der Waals surface area contributed by atoms with Crippen LogP contribution in [0.5, 0.6) is 0 Å². The third kappa shape index (κ3) is 7.11. The average molecular weight is 569 g/mol. The standard InChI is InChI=1S/C35H32N6O2/c42-33(23-25-5-2-1-3-6-25)38-29-10-8-26(9-11-29)32-16-20-37-35(40-32)39-30-12-14-31(15-13-30)41-21-17-27(18-22-41)34(43)28-7-4-19-36-24-28/h1-16,19-20,24,27H,17-18,21-23H2,(H,38,42)(H,37,39,40). The van der Waals surface area contributed by atoms with Gasteiger partial charge in [-0.25, -0.2) is 9.97 Å². The van der Waals surface area contributed by atoms with Gasteiger partial charge in [0.15, 0.2) is 5.78 Å². The second-order valence-electron chi connectivity index (χ2n) is 10.6. The summed E-state index contributed by atoms with van der Waals surface area (Å²) in [6.07, 6.45) is 7.07. The van der Waals surface area contributed by atoms with Crippen LogP contribution in [0.3, 0.4) is 0 Å². The Morgan fingerprint density at radius 3 is 2.26 bits per heavy atom. The summed E-state index contributed by atoms with van der Waals surface area (Å²) in [5.74, 6) is 0.676. The van der Waals surface area contributed by atoms with Crippen molar-refractivity contribution in [1.29, 1.82) is 0 Å². The van der Waals surface area contributed by atoms with Gasteiger partial charge in [0, 0.05) is 65.8 Å². The van der Waals surface area contributed by atoms with E-state index >= 15 is 0 Å². The van der Waals surface area contributed by atoms with Crippen LogP contribution in [0.4, 0.5) is 23.0 Å². The van der Waals surface area contributed by atoms with Crippen molar-refractivity contribution in [2.24, 2.45) is 5.92 Å². The molecule has 1 saturated heterocycles. The first-order valence-corrected chi connectivity index (χ1v) is 14.4. The molecule has 2 N–H and O–H groups in total. The van der Waals surface area contributed by atoms with Gasteiger partial charge in [0.1, 0.15) is 0 Å². The summed E-state index contributed by atoms with van der Waals surface area (Å²) in [6, 6.07) is 31.0. The molecule has 8 nitrogen and oxygen atoms in total. The van der Waals surface area contributed by atoms with E-state index in [1.807, 2.05) is 84.9 Å². The number of aromatic nitrogens is 3. The summed E-state index contributed by atoms with van der Waals surface area (Å²) in [6.45, 7) is 1.67. The lowest BCUT2D eigenvalue weighted by atomic mass is 9.89. The topological polar surface area (TPSA) is 100 Å². The predicted octanol–water partition coefficient (Wildman–Crippen LogP) is 6.56. The highest BCUT2D eigenvalue weighted by atomic mass is 16.1. The van der Waals surface area contributed by atoms with E-state index in [-0.39, 0.29) is 17.6 Å². The molecular weight excluding hydrogens is 536 g/mol. The molecule has 5 aromatic rings. The Morgan fingerprint density at radius 1 is 0.791 bits per heavy atom. The highest BCUT2D eigenvalue weighted by molar-refractivity contribution is 5.97. The highest BCUT2D eigenvalue weighted by Gasteiger charge is 2.26. The zero-order valence-corrected chi connectivity index (χ0v) is 23.7. The van der Waals surface area contributed by atoms with Gasteiger partial charge in [0.25, 0.3) is 0 Å². The van der Waals surface area contributed by atoms with Gasteiger partial charge in [-0.3, -0.25) is 14.6 Å². The largest absolute Gasteiger partial charge is 0.371 e. The number of hydrogen-bond acceptors (Lipinski definition) is 7. The number of rotatable bonds is 9. The number of piperidine rings is 1. The lowest BCUT2D eigenvalue weighted by molar-refractivity contribution is -0.115. The zero-order valence-electron chi connectivity index (χ0n) is 23.7. The molecule has 1 amide bonds. The number of nitrogens with zero attached hydrogens (tertiary/aromatic N) is 4. The Bertz CT molecular complexity index is 1670. The minimum absolute atomic E-state index is 0.0420. The smallest absolute Gasteiger partial charge is 0.228 e. The van der Waals surface area contributed by atoms with E-state index in [1.54, 1.807) is 18.6 Å². The molecule has 0 aliphatic carbocycles. The molecule has 0 spiro atoms. The minimum Gasteiger partial charge on any atom is -0.371 e. The summed E-state index contributed by atoms with van der Waals surface area (Å²) < 4.78 is 0. The van der Waals surface area contributed by atoms with Crippen molar-refractivity contribution < 1.29 is 9.59 Å². The van der Waals surface area contributed by atoms with Crippen molar-refractivity contribution in [3.05, 3.63) is 127 Å². The van der Waals surface area contributed by atoms with Gasteiger partial charge >= 0.3 is 0 Å². The van der Waals surface area contributed by atoms with Crippen molar-refractivity contribution in [2.45, 2.75) is 19.3 Å². The van der Waals surface area contributed by atoms with E-state index in [9.17, 15) is 9.59 Å². The predicted molar refractivity (Wildman–Crippen MR) is 169 cm³/mol. The Labute approximate surface area is 250 Å². The van der Waals surface area contributed by atoms with Crippen LogP contribution in [-0.2, 0) is 11.2 Å². The molecule has 214 valence electrons. The third-order valence-corrected chi connectivity index (χ3v) is 7.63. The molecule has 1 aliphatic rings. The molecule has 43 heavy (non-hydrogen) atoms. The first kappa shape index (κ1) is 27.8. The maximum Gasteiger partial charge on any atom is 0.228 e. The number of benzene rings is 3. The summed E-state index contributed by atoms with van der Waals surface area (Å²) in [5, 5.41) is 6.25. The number of hydrogen-bond donors (Lipinski definition) is 2. The van der Waals surface area contributed by atoms with Crippen LogP contribution < -0.4 is 15.5 Å². The van der Waals surface area contributed by atoms with Crippen LogP contribution in [0.1, 0.15) is 28.8 Å². The number of carbonyl (C=O) groups excluding carboxylic acids is 2. The van der Waals surface area contributed by atoms with Crippen molar-refractivity contribution >= 4 is 34.7 Å². The molecule has 0 radical (unpaired) electrons. The van der Waals surface area contributed by atoms with Gasteiger partial charge in [-0.15, -0.1) is 0 Å². The van der Waals surface area contributed by atoms with Crippen LogP contribution in [0.2, 0.25) is 0 Å². The van der Waals surface area contributed by atoms with Crippen LogP contribution in [0.15, 0.2) is 116 Å². The Morgan fingerprint density at radius 2 is 1.53 bits per heavy atom. The second-order valence-corrected chi connectivity index (χ2v) is 10.6. The molecular formula is C35H32N6O2. The molecule has 0 atom stereocenters. The van der Waals surface area contributed by atoms with Gasteiger partial charge in [0.05, 0.1) is 12.1 Å². The second kappa shape index (κ2) is 13.1. The number of pyridine rings is 1. The summed E-state index contributed by atoms with van der Waals surface area (Å²) in [5.41, 5.74) is 6.13. The van der Waals surface area contributed by atoms with E-state index in [0.29, 0.717) is 17.9 Å². The minimum atomic E-state index is -0.0566. The fraction of sp³-hybridized carbons (Fsp3) is 0.171. The lowest BCUT2D eigenvalue weighted by Gasteiger charge is -2.33. The van der Waals surface area contributed by atoms with E-state index in [4.69, 9.17) is 4.98 Å². The molecule has 2 aromatic heterocycles. The van der Waals surface area contributed by atoms with Gasteiger partial charge in [-0.05, 0) is 73.0 Å². The number of anilines is 4. The van der Waals surface area contributed by atoms with Gasteiger partial charge in [0.2, 0.25) is 11.9 Å². The molecule has 0 bridgehead atoms. The van der Waals surface area contributed by atoms with Gasteiger partial charge in [-0.2, -0.15) is 0 Å². The summed E-state index contributed by atoms with van der Waals surface area (Å²) in [4.78, 5) is 40.7. The fourth-order valence-electron chi connectivity index (χ4n) is 5.32. The molecule has 6 rings (SSSR count). The Balaban J connectivity index is 1.03. The van der Waals surface area contributed by atoms with Crippen LogP contribution in [0.25, 0.3) is 11.3 Å². The van der Waals surface area contributed by atoms with E-state index in [1.165, 1.54) is 0 Å². The fourth-order valence-corrected chi connectivity index (χ4v) is 5.32. The van der Waals surface area contributed by atoms with Crippen molar-refractivity contribution in [1.82, 2.24) is 15.0 Å². The van der Waals surface area contributed by atoms with Crippen molar-refractivity contribution in [3.63, 3.8) is 0 Å². The first-order valence-electron chi connectivity index (χ1n) is 14.4. The maximum atomic E-state index is 12.8. The lowest BCUT2D eigenvalue weighted by Crippen LogP contribution is -2.36. The van der Waals surface area contributed by atoms with Gasteiger partial charge in [-0.1, -0.05) is 42.5 Å². The van der Waals surface area contributed by atoms with Crippen molar-refractivity contribution in [2.75, 3.05) is 28.6 Å². The van der Waals surface area contributed by atoms with Crippen LogP contribution in [0, 0.1) is 5.92 Å². The number of amides is 1. The monoisotopic (exact) mass is 568 g/mol. The first-order chi connectivity index (χ1) is 21.1. The van der Waals surface area contributed by atoms with Gasteiger partial charge < -0.3 is 15.5 Å². The molecule has 0 saturated carbocycles. The molecule has 1 aliphatic heterocycles. The van der Waals surface area contributed by atoms with Crippen LogP contribution >= 0.6 is 0 Å². The number of carbonyl (C=O) groups is 2. The summed E-state index contributed by atoms with van der Waals surface area (Å²) >= 11 is 0. The zero-order chi connectivity index (χ0) is 29.4. The summed E-state index contributed by atoms with van der Waals surface area (Å²) in [7, 11) is 0. The molecule has 8 heteroatoms. The van der Waals surface area contributed by atoms with Crippen LogP contribution in [-0.4, -0.2) is 39.7 Å². The van der Waals surface area contributed by atoms with Crippen molar-refractivity contribution in [3.8, 4) is 11.3 Å². The number of ketones is 1. The molecule has 1 fully saturated rings. The van der Waals surface area contributed by atoms with E-state index in [0.717, 1.165) is 59.8 Å². The van der Waals surface area contributed by atoms with E-state index in [2.05, 4.69) is 37.6 Å². The Kier molecular flexibility index (Phi) is 8.45. The molecule has 0 unspecified atom stereocenters. The molecule has 3 heterocycles. The maximum absolute atomic E-state index is 12.8. The molecule has 3 aromatic carbocycles. The number of nitrogens with one attached hydrogen (secondary N) is 2.